The lowest BCUT2D eigenvalue weighted by atomic mass is 9.95. The second-order valence-electron chi connectivity index (χ2n) is 4.84. The maximum atomic E-state index is 11.8. The van der Waals surface area contributed by atoms with Gasteiger partial charge in [-0.15, -0.1) is 0 Å². The van der Waals surface area contributed by atoms with Crippen molar-refractivity contribution in [2.75, 3.05) is 6.54 Å². The second-order valence-corrected chi connectivity index (χ2v) is 4.84. The number of hydrogen-bond acceptors (Lipinski definition) is 2. The summed E-state index contributed by atoms with van der Waals surface area (Å²) in [5.41, 5.74) is 1.11. The first-order valence-electron chi connectivity index (χ1n) is 5.83. The molecular weight excluding hydrogens is 200 g/mol. The summed E-state index contributed by atoms with van der Waals surface area (Å²) in [4.78, 5) is 17.8. The molecule has 16 heavy (non-hydrogen) atoms. The van der Waals surface area contributed by atoms with E-state index in [4.69, 9.17) is 0 Å². The third kappa shape index (κ3) is 2.40. The molecular formula is C13H18N2O. The molecule has 0 N–H and O–H groups in total. The maximum Gasteiger partial charge on any atom is 0.223 e. The molecule has 1 fully saturated rings. The molecule has 1 aliphatic heterocycles. The minimum Gasteiger partial charge on any atom is -0.338 e. The zero-order valence-electron chi connectivity index (χ0n) is 9.89. The molecule has 1 aromatic heterocycles. The summed E-state index contributed by atoms with van der Waals surface area (Å²) >= 11 is 0. The summed E-state index contributed by atoms with van der Waals surface area (Å²) in [7, 11) is 0. The fourth-order valence-corrected chi connectivity index (χ4v) is 2.11. The van der Waals surface area contributed by atoms with E-state index in [1.807, 2.05) is 23.2 Å². The van der Waals surface area contributed by atoms with Gasteiger partial charge in [0.15, 0.2) is 0 Å². The van der Waals surface area contributed by atoms with Crippen molar-refractivity contribution in [2.24, 2.45) is 11.8 Å². The van der Waals surface area contributed by atoms with Crippen LogP contribution >= 0.6 is 0 Å². The Hall–Kier alpha value is -1.38. The SMILES string of the molecule is CC(C)[C@@H]1CC(=O)N(Cc2cccnc2)C1. The highest BCUT2D eigenvalue weighted by Crippen LogP contribution is 2.25. The van der Waals surface area contributed by atoms with E-state index in [0.717, 1.165) is 12.1 Å². The van der Waals surface area contributed by atoms with Gasteiger partial charge in [-0.3, -0.25) is 9.78 Å². The zero-order valence-corrected chi connectivity index (χ0v) is 9.89. The number of amides is 1. The van der Waals surface area contributed by atoms with Crippen LogP contribution in [0, 0.1) is 11.8 Å². The van der Waals surface area contributed by atoms with E-state index in [1.54, 1.807) is 6.20 Å². The number of hydrogen-bond donors (Lipinski definition) is 0. The highest BCUT2D eigenvalue weighted by molar-refractivity contribution is 5.78. The molecule has 0 spiro atoms. The van der Waals surface area contributed by atoms with E-state index < -0.39 is 0 Å². The minimum absolute atomic E-state index is 0.280. The molecule has 0 aromatic carbocycles. The van der Waals surface area contributed by atoms with Crippen molar-refractivity contribution < 1.29 is 4.79 Å². The molecule has 1 amide bonds. The van der Waals surface area contributed by atoms with Gasteiger partial charge < -0.3 is 4.90 Å². The van der Waals surface area contributed by atoms with Gasteiger partial charge in [0.25, 0.3) is 0 Å². The molecule has 1 aliphatic rings. The Bertz CT molecular complexity index is 361. The molecule has 1 aromatic rings. The van der Waals surface area contributed by atoms with Crippen molar-refractivity contribution in [3.8, 4) is 0 Å². The smallest absolute Gasteiger partial charge is 0.223 e. The van der Waals surface area contributed by atoms with Crippen molar-refractivity contribution >= 4 is 5.91 Å². The number of likely N-dealkylation sites (tertiary alicyclic amines) is 1. The number of carbonyl (C=O) groups is 1. The lowest BCUT2D eigenvalue weighted by molar-refractivity contribution is -0.128. The third-order valence-electron chi connectivity index (χ3n) is 3.28. The lowest BCUT2D eigenvalue weighted by Crippen LogP contribution is -2.25. The zero-order chi connectivity index (χ0) is 11.5. The van der Waals surface area contributed by atoms with Gasteiger partial charge in [-0.25, -0.2) is 0 Å². The molecule has 0 radical (unpaired) electrons. The molecule has 3 heteroatoms. The molecule has 0 unspecified atom stereocenters. The van der Waals surface area contributed by atoms with Gasteiger partial charge >= 0.3 is 0 Å². The Morgan fingerprint density at radius 3 is 2.94 bits per heavy atom. The number of pyridine rings is 1. The van der Waals surface area contributed by atoms with E-state index in [9.17, 15) is 4.79 Å². The van der Waals surface area contributed by atoms with Crippen molar-refractivity contribution in [1.29, 1.82) is 0 Å². The highest BCUT2D eigenvalue weighted by atomic mass is 16.2. The summed E-state index contributed by atoms with van der Waals surface area (Å²) in [6.07, 6.45) is 4.29. The number of aromatic nitrogens is 1. The van der Waals surface area contributed by atoms with Crippen LogP contribution in [0.5, 0.6) is 0 Å². The molecule has 2 heterocycles. The number of carbonyl (C=O) groups excluding carboxylic acids is 1. The van der Waals surface area contributed by atoms with Crippen LogP contribution in [0.3, 0.4) is 0 Å². The van der Waals surface area contributed by atoms with Crippen LogP contribution in [0.15, 0.2) is 24.5 Å². The van der Waals surface area contributed by atoms with Crippen LogP contribution in [-0.2, 0) is 11.3 Å². The fourth-order valence-electron chi connectivity index (χ4n) is 2.11. The quantitative estimate of drug-likeness (QED) is 0.778. The predicted molar refractivity (Wildman–Crippen MR) is 62.6 cm³/mol. The Kier molecular flexibility index (Phi) is 3.22. The van der Waals surface area contributed by atoms with Gasteiger partial charge in [-0.05, 0) is 23.5 Å². The van der Waals surface area contributed by atoms with Gasteiger partial charge in [0.1, 0.15) is 0 Å². The van der Waals surface area contributed by atoms with Crippen LogP contribution in [0.25, 0.3) is 0 Å². The van der Waals surface area contributed by atoms with E-state index >= 15 is 0 Å². The van der Waals surface area contributed by atoms with Gasteiger partial charge in [0.2, 0.25) is 5.91 Å². The van der Waals surface area contributed by atoms with E-state index in [-0.39, 0.29) is 5.91 Å². The first-order valence-corrected chi connectivity index (χ1v) is 5.83. The van der Waals surface area contributed by atoms with Gasteiger partial charge in [0.05, 0.1) is 0 Å². The molecule has 86 valence electrons. The lowest BCUT2D eigenvalue weighted by Gasteiger charge is -2.17. The monoisotopic (exact) mass is 218 g/mol. The van der Waals surface area contributed by atoms with Crippen LogP contribution < -0.4 is 0 Å². The summed E-state index contributed by atoms with van der Waals surface area (Å²) in [5, 5.41) is 0. The highest BCUT2D eigenvalue weighted by Gasteiger charge is 2.31. The van der Waals surface area contributed by atoms with Gasteiger partial charge in [-0.2, -0.15) is 0 Å². The van der Waals surface area contributed by atoms with Crippen LogP contribution in [0.4, 0.5) is 0 Å². The van der Waals surface area contributed by atoms with Crippen LogP contribution in [0.2, 0.25) is 0 Å². The third-order valence-corrected chi connectivity index (χ3v) is 3.28. The average molecular weight is 218 g/mol. The normalized spacial score (nSPS) is 20.8. The van der Waals surface area contributed by atoms with Gasteiger partial charge in [-0.1, -0.05) is 19.9 Å². The standard InChI is InChI=1S/C13H18N2O/c1-10(2)12-6-13(16)15(9-12)8-11-4-3-5-14-7-11/h3-5,7,10,12H,6,8-9H2,1-2H3/t12-/m1/s1. The first kappa shape index (κ1) is 11.1. The van der Waals surface area contributed by atoms with E-state index in [1.165, 1.54) is 0 Å². The fraction of sp³-hybridized carbons (Fsp3) is 0.538. The molecule has 2 rings (SSSR count). The molecule has 0 saturated carbocycles. The summed E-state index contributed by atoms with van der Waals surface area (Å²) in [5.74, 6) is 1.38. The van der Waals surface area contributed by atoms with Crippen molar-refractivity contribution in [3.05, 3.63) is 30.1 Å². The molecule has 1 atom stereocenters. The number of rotatable bonds is 3. The molecule has 1 saturated heterocycles. The molecule has 0 bridgehead atoms. The maximum absolute atomic E-state index is 11.8. The second kappa shape index (κ2) is 4.64. The topological polar surface area (TPSA) is 33.2 Å². The summed E-state index contributed by atoms with van der Waals surface area (Å²) in [6, 6.07) is 3.93. The Labute approximate surface area is 96.5 Å². The van der Waals surface area contributed by atoms with E-state index in [2.05, 4.69) is 18.8 Å². The van der Waals surface area contributed by atoms with E-state index in [0.29, 0.717) is 24.8 Å². The molecule has 0 aliphatic carbocycles. The van der Waals surface area contributed by atoms with Crippen LogP contribution in [-0.4, -0.2) is 22.3 Å². The van der Waals surface area contributed by atoms with Crippen molar-refractivity contribution in [3.63, 3.8) is 0 Å². The first-order chi connectivity index (χ1) is 7.66. The Morgan fingerprint density at radius 1 is 1.56 bits per heavy atom. The summed E-state index contributed by atoms with van der Waals surface area (Å²) < 4.78 is 0. The van der Waals surface area contributed by atoms with Gasteiger partial charge in [0, 0.05) is 31.9 Å². The Balaban J connectivity index is 1.99. The van der Waals surface area contributed by atoms with Crippen molar-refractivity contribution in [2.45, 2.75) is 26.8 Å². The average Bonchev–Trinajstić information content (AvgIpc) is 2.62. The largest absolute Gasteiger partial charge is 0.338 e. The minimum atomic E-state index is 0.280. The van der Waals surface area contributed by atoms with Crippen LogP contribution in [0.1, 0.15) is 25.8 Å². The number of nitrogens with zero attached hydrogens (tertiary/aromatic N) is 2. The molecule has 3 nitrogen and oxygen atoms in total. The summed E-state index contributed by atoms with van der Waals surface area (Å²) in [6.45, 7) is 5.97. The van der Waals surface area contributed by atoms with Crippen molar-refractivity contribution in [1.82, 2.24) is 9.88 Å². The Morgan fingerprint density at radius 2 is 2.38 bits per heavy atom. The predicted octanol–water partition coefficient (Wildman–Crippen LogP) is 2.09.